The first-order chi connectivity index (χ1) is 13.6. The van der Waals surface area contributed by atoms with E-state index in [1.54, 1.807) is 17.0 Å². The number of hydrogen-bond donors (Lipinski definition) is 1. The van der Waals surface area contributed by atoms with Gasteiger partial charge in [-0.25, -0.2) is 5.43 Å². The number of aryl methyl sites for hydroxylation is 1. The fourth-order valence-corrected chi connectivity index (χ4v) is 3.14. The number of fused-ring (bicyclic) bond motifs is 1. The SMILES string of the molecule is O=C(CCC(=O)N1CCCc2ccccc21)NN=Cc1ccccc1[N+](=O)[O-]. The van der Waals surface area contributed by atoms with Gasteiger partial charge < -0.3 is 4.90 Å². The normalized spacial score (nSPS) is 13.2. The van der Waals surface area contributed by atoms with Gasteiger partial charge in [0.2, 0.25) is 11.8 Å². The predicted molar refractivity (Wildman–Crippen MR) is 105 cm³/mol. The van der Waals surface area contributed by atoms with E-state index in [-0.39, 0.29) is 30.0 Å². The molecule has 0 atom stereocenters. The number of hydrazone groups is 1. The molecule has 1 aliphatic rings. The Hall–Kier alpha value is -3.55. The van der Waals surface area contributed by atoms with Gasteiger partial charge >= 0.3 is 0 Å². The molecule has 3 rings (SSSR count). The van der Waals surface area contributed by atoms with Crippen LogP contribution in [0.1, 0.15) is 30.4 Å². The summed E-state index contributed by atoms with van der Waals surface area (Å²) >= 11 is 0. The maximum atomic E-state index is 12.5. The lowest BCUT2D eigenvalue weighted by atomic mass is 10.0. The van der Waals surface area contributed by atoms with Crippen molar-refractivity contribution in [1.82, 2.24) is 5.43 Å². The van der Waals surface area contributed by atoms with Gasteiger partial charge in [-0.1, -0.05) is 30.3 Å². The summed E-state index contributed by atoms with van der Waals surface area (Å²) in [5.74, 6) is -0.529. The Kier molecular flexibility index (Phi) is 6.11. The Morgan fingerprint density at radius 1 is 1.14 bits per heavy atom. The van der Waals surface area contributed by atoms with Gasteiger partial charge in [0.1, 0.15) is 0 Å². The molecule has 0 aliphatic carbocycles. The van der Waals surface area contributed by atoms with E-state index in [1.807, 2.05) is 24.3 Å². The minimum atomic E-state index is -0.516. The number of rotatable bonds is 6. The lowest BCUT2D eigenvalue weighted by Gasteiger charge is -2.29. The lowest BCUT2D eigenvalue weighted by Crippen LogP contribution is -2.36. The van der Waals surface area contributed by atoms with E-state index in [0.717, 1.165) is 24.1 Å². The van der Waals surface area contributed by atoms with Crippen LogP contribution in [0.5, 0.6) is 0 Å². The first-order valence-corrected chi connectivity index (χ1v) is 9.00. The fraction of sp³-hybridized carbons (Fsp3) is 0.250. The summed E-state index contributed by atoms with van der Waals surface area (Å²) in [4.78, 5) is 36.6. The first-order valence-electron chi connectivity index (χ1n) is 9.00. The van der Waals surface area contributed by atoms with E-state index >= 15 is 0 Å². The van der Waals surface area contributed by atoms with Crippen molar-refractivity contribution in [2.24, 2.45) is 5.10 Å². The Bertz CT molecular complexity index is 926. The van der Waals surface area contributed by atoms with Crippen LogP contribution in [0, 0.1) is 10.1 Å². The number of carbonyl (C=O) groups is 2. The minimum Gasteiger partial charge on any atom is -0.312 e. The number of amides is 2. The van der Waals surface area contributed by atoms with Crippen LogP contribution in [0.4, 0.5) is 11.4 Å². The zero-order valence-electron chi connectivity index (χ0n) is 15.2. The standard InChI is InChI=1S/C20H20N4O4/c25-19(22-21-14-16-7-2-4-10-18(16)24(27)28)11-12-20(26)23-13-5-8-15-6-1-3-9-17(15)23/h1-4,6-7,9-10,14H,5,8,11-13H2,(H,22,25). The number of para-hydroxylation sites is 2. The van der Waals surface area contributed by atoms with Crippen molar-refractivity contribution < 1.29 is 14.5 Å². The van der Waals surface area contributed by atoms with Gasteiger partial charge in [-0.3, -0.25) is 19.7 Å². The maximum Gasteiger partial charge on any atom is 0.278 e. The first kappa shape index (κ1) is 19.2. The molecule has 1 heterocycles. The Morgan fingerprint density at radius 2 is 1.89 bits per heavy atom. The van der Waals surface area contributed by atoms with Gasteiger partial charge in [0.05, 0.1) is 16.7 Å². The molecule has 0 aromatic heterocycles. The molecule has 8 heteroatoms. The number of benzene rings is 2. The van der Waals surface area contributed by atoms with Crippen molar-refractivity contribution in [2.75, 3.05) is 11.4 Å². The lowest BCUT2D eigenvalue weighted by molar-refractivity contribution is -0.385. The van der Waals surface area contributed by atoms with Crippen molar-refractivity contribution in [3.05, 3.63) is 69.8 Å². The second-order valence-electron chi connectivity index (χ2n) is 6.39. The molecule has 28 heavy (non-hydrogen) atoms. The van der Waals surface area contributed by atoms with Gasteiger partial charge in [0, 0.05) is 31.1 Å². The number of nitro benzene ring substituents is 1. The highest BCUT2D eigenvalue weighted by Crippen LogP contribution is 2.27. The highest BCUT2D eigenvalue weighted by molar-refractivity contribution is 5.96. The Balaban J connectivity index is 1.53. The average Bonchev–Trinajstić information content (AvgIpc) is 2.71. The molecular formula is C20H20N4O4. The molecule has 144 valence electrons. The summed E-state index contributed by atoms with van der Waals surface area (Å²) in [6.45, 7) is 0.646. The van der Waals surface area contributed by atoms with Crippen LogP contribution >= 0.6 is 0 Å². The van der Waals surface area contributed by atoms with E-state index in [0.29, 0.717) is 6.54 Å². The van der Waals surface area contributed by atoms with E-state index in [9.17, 15) is 19.7 Å². The van der Waals surface area contributed by atoms with E-state index in [1.165, 1.54) is 18.3 Å². The zero-order chi connectivity index (χ0) is 19.9. The Labute approximate surface area is 162 Å². The second-order valence-corrected chi connectivity index (χ2v) is 6.39. The molecule has 2 amide bonds. The molecule has 2 aromatic rings. The Morgan fingerprint density at radius 3 is 2.71 bits per heavy atom. The molecule has 0 radical (unpaired) electrons. The maximum absolute atomic E-state index is 12.5. The molecule has 0 saturated carbocycles. The highest BCUT2D eigenvalue weighted by Gasteiger charge is 2.22. The summed E-state index contributed by atoms with van der Waals surface area (Å²) in [6.07, 6.45) is 3.13. The third kappa shape index (κ3) is 4.59. The largest absolute Gasteiger partial charge is 0.312 e. The summed E-state index contributed by atoms with van der Waals surface area (Å²) < 4.78 is 0. The van der Waals surface area contributed by atoms with Crippen molar-refractivity contribution in [1.29, 1.82) is 0 Å². The van der Waals surface area contributed by atoms with Crippen molar-refractivity contribution in [3.63, 3.8) is 0 Å². The van der Waals surface area contributed by atoms with Gasteiger partial charge in [0.15, 0.2) is 0 Å². The minimum absolute atomic E-state index is 0.00821. The molecule has 0 bridgehead atoms. The van der Waals surface area contributed by atoms with Gasteiger partial charge in [-0.15, -0.1) is 0 Å². The molecular weight excluding hydrogens is 360 g/mol. The molecule has 0 saturated heterocycles. The number of nitrogens with one attached hydrogen (secondary N) is 1. The topological polar surface area (TPSA) is 105 Å². The fourth-order valence-electron chi connectivity index (χ4n) is 3.14. The number of nitrogens with zero attached hydrogens (tertiary/aromatic N) is 3. The van der Waals surface area contributed by atoms with Crippen LogP contribution in [0.3, 0.4) is 0 Å². The van der Waals surface area contributed by atoms with E-state index < -0.39 is 10.8 Å². The zero-order valence-corrected chi connectivity index (χ0v) is 15.2. The van der Waals surface area contributed by atoms with Crippen LogP contribution in [0.15, 0.2) is 53.6 Å². The number of hydrogen-bond acceptors (Lipinski definition) is 5. The van der Waals surface area contributed by atoms with E-state index in [4.69, 9.17) is 0 Å². The molecule has 0 fully saturated rings. The summed E-state index contributed by atoms with van der Waals surface area (Å²) in [7, 11) is 0. The summed E-state index contributed by atoms with van der Waals surface area (Å²) in [5, 5.41) is 14.7. The number of nitro groups is 1. The van der Waals surface area contributed by atoms with Crippen molar-refractivity contribution in [3.8, 4) is 0 Å². The van der Waals surface area contributed by atoms with Gasteiger partial charge in [0.25, 0.3) is 5.69 Å². The molecule has 0 spiro atoms. The second kappa shape index (κ2) is 8.90. The van der Waals surface area contributed by atoms with Crippen LogP contribution in [0.2, 0.25) is 0 Å². The number of carbonyl (C=O) groups excluding carboxylic acids is 2. The van der Waals surface area contributed by atoms with Crippen molar-refractivity contribution >= 4 is 29.4 Å². The molecule has 0 unspecified atom stereocenters. The monoisotopic (exact) mass is 380 g/mol. The van der Waals surface area contributed by atoms with Crippen LogP contribution in [-0.2, 0) is 16.0 Å². The van der Waals surface area contributed by atoms with Crippen molar-refractivity contribution in [2.45, 2.75) is 25.7 Å². The van der Waals surface area contributed by atoms with Crippen LogP contribution < -0.4 is 10.3 Å². The smallest absolute Gasteiger partial charge is 0.278 e. The molecule has 2 aromatic carbocycles. The molecule has 1 N–H and O–H groups in total. The van der Waals surface area contributed by atoms with Crippen LogP contribution in [0.25, 0.3) is 0 Å². The third-order valence-corrected chi connectivity index (χ3v) is 4.50. The highest BCUT2D eigenvalue weighted by atomic mass is 16.6. The van der Waals surface area contributed by atoms with E-state index in [2.05, 4.69) is 10.5 Å². The third-order valence-electron chi connectivity index (χ3n) is 4.50. The van der Waals surface area contributed by atoms with Crippen LogP contribution in [-0.4, -0.2) is 29.5 Å². The molecule has 8 nitrogen and oxygen atoms in total. The predicted octanol–water partition coefficient (Wildman–Crippen LogP) is 2.80. The summed E-state index contributed by atoms with van der Waals surface area (Å²) in [6, 6.07) is 13.9. The quantitative estimate of drug-likeness (QED) is 0.472. The van der Waals surface area contributed by atoms with Gasteiger partial charge in [-0.05, 0) is 30.5 Å². The summed E-state index contributed by atoms with van der Waals surface area (Å²) in [5.41, 5.74) is 4.55. The average molecular weight is 380 g/mol. The van der Waals surface area contributed by atoms with Gasteiger partial charge in [-0.2, -0.15) is 5.10 Å². The number of anilines is 1. The molecule has 1 aliphatic heterocycles.